The highest BCUT2D eigenvalue weighted by Crippen LogP contribution is 2.43. The van der Waals surface area contributed by atoms with Gasteiger partial charge in [0.05, 0.1) is 11.0 Å². The predicted molar refractivity (Wildman–Crippen MR) is 229 cm³/mol. The average molecular weight is 717 g/mol. The highest BCUT2D eigenvalue weighted by atomic mass is 16.3. The van der Waals surface area contributed by atoms with Gasteiger partial charge >= 0.3 is 0 Å². The molecule has 5 nitrogen and oxygen atoms in total. The molecule has 8 aromatic carbocycles. The Morgan fingerprint density at radius 1 is 0.357 bits per heavy atom. The fraction of sp³-hybridized carbons (Fsp3) is 0. The Kier molecular flexibility index (Phi) is 7.42. The fourth-order valence-electron chi connectivity index (χ4n) is 8.08. The molecule has 262 valence electrons. The van der Waals surface area contributed by atoms with E-state index in [2.05, 4.69) is 126 Å². The lowest BCUT2D eigenvalue weighted by Gasteiger charge is -2.11. The molecule has 0 aliphatic carbocycles. The van der Waals surface area contributed by atoms with Crippen molar-refractivity contribution in [3.8, 4) is 62.1 Å². The standard InChI is InChI=1S/C51H32N4O/c1-5-15-33(16-6-1)40-24-13-25-41-42-31-36(27-29-44(42)55(48(40)41)38-21-11-4-12-22-38)39-23-14-26-46-47(39)43-32-37(28-30-45(43)56-46)51-53-49(34-17-7-2-8-18-34)52-50(54-51)35-19-9-3-10-20-35/h1-32H. The minimum Gasteiger partial charge on any atom is -0.456 e. The Bertz CT molecular complexity index is 3170. The highest BCUT2D eigenvalue weighted by molar-refractivity contribution is 6.17. The van der Waals surface area contributed by atoms with Crippen molar-refractivity contribution in [2.45, 2.75) is 0 Å². The Morgan fingerprint density at radius 2 is 0.911 bits per heavy atom. The van der Waals surface area contributed by atoms with Crippen molar-refractivity contribution >= 4 is 43.7 Å². The molecule has 0 radical (unpaired) electrons. The molecule has 5 heteroatoms. The summed E-state index contributed by atoms with van der Waals surface area (Å²) < 4.78 is 8.92. The summed E-state index contributed by atoms with van der Waals surface area (Å²) in [5.41, 5.74) is 12.5. The molecule has 3 aromatic heterocycles. The number of furan rings is 1. The summed E-state index contributed by atoms with van der Waals surface area (Å²) in [5, 5.41) is 4.46. The number of para-hydroxylation sites is 2. The Balaban J connectivity index is 1.11. The van der Waals surface area contributed by atoms with Gasteiger partial charge in [-0.3, -0.25) is 0 Å². The van der Waals surface area contributed by atoms with Gasteiger partial charge in [0.2, 0.25) is 0 Å². The van der Waals surface area contributed by atoms with Gasteiger partial charge in [0.1, 0.15) is 11.2 Å². The zero-order valence-corrected chi connectivity index (χ0v) is 30.2. The molecular weight excluding hydrogens is 685 g/mol. The van der Waals surface area contributed by atoms with Gasteiger partial charge in [-0.05, 0) is 65.2 Å². The number of hydrogen-bond acceptors (Lipinski definition) is 4. The lowest BCUT2D eigenvalue weighted by Crippen LogP contribution is -2.00. The van der Waals surface area contributed by atoms with Gasteiger partial charge in [-0.1, -0.05) is 146 Å². The van der Waals surface area contributed by atoms with Crippen molar-refractivity contribution in [1.82, 2.24) is 19.5 Å². The molecule has 0 amide bonds. The summed E-state index contributed by atoms with van der Waals surface area (Å²) in [6.45, 7) is 0. The second-order valence-corrected chi connectivity index (χ2v) is 14.0. The van der Waals surface area contributed by atoms with Crippen molar-refractivity contribution in [2.24, 2.45) is 0 Å². The summed E-state index contributed by atoms with van der Waals surface area (Å²) in [4.78, 5) is 14.9. The molecule has 11 rings (SSSR count). The van der Waals surface area contributed by atoms with E-state index in [1.165, 1.54) is 27.4 Å². The van der Waals surface area contributed by atoms with E-state index < -0.39 is 0 Å². The smallest absolute Gasteiger partial charge is 0.164 e. The van der Waals surface area contributed by atoms with Gasteiger partial charge in [-0.15, -0.1) is 0 Å². The van der Waals surface area contributed by atoms with Crippen LogP contribution in [0.1, 0.15) is 0 Å². The van der Waals surface area contributed by atoms with Crippen LogP contribution in [0.5, 0.6) is 0 Å². The van der Waals surface area contributed by atoms with Gasteiger partial charge in [-0.2, -0.15) is 0 Å². The number of aromatic nitrogens is 4. The zero-order valence-electron chi connectivity index (χ0n) is 30.2. The summed E-state index contributed by atoms with van der Waals surface area (Å²) in [7, 11) is 0. The maximum Gasteiger partial charge on any atom is 0.164 e. The monoisotopic (exact) mass is 716 g/mol. The molecule has 3 heterocycles. The van der Waals surface area contributed by atoms with E-state index in [0.29, 0.717) is 17.5 Å². The fourth-order valence-corrected chi connectivity index (χ4v) is 8.08. The Morgan fingerprint density at radius 3 is 1.59 bits per heavy atom. The third-order valence-corrected chi connectivity index (χ3v) is 10.7. The third kappa shape index (κ3) is 5.29. The van der Waals surface area contributed by atoms with Crippen LogP contribution in [-0.4, -0.2) is 19.5 Å². The molecule has 0 spiro atoms. The molecule has 0 atom stereocenters. The van der Waals surface area contributed by atoms with E-state index in [1.807, 2.05) is 72.8 Å². The summed E-state index contributed by atoms with van der Waals surface area (Å²) >= 11 is 0. The van der Waals surface area contributed by atoms with Crippen LogP contribution < -0.4 is 0 Å². The van der Waals surface area contributed by atoms with Crippen LogP contribution >= 0.6 is 0 Å². The lowest BCUT2D eigenvalue weighted by atomic mass is 9.96. The van der Waals surface area contributed by atoms with Crippen LogP contribution in [0.15, 0.2) is 199 Å². The summed E-state index contributed by atoms with van der Waals surface area (Å²) in [5.74, 6) is 1.87. The first-order valence-electron chi connectivity index (χ1n) is 18.8. The molecule has 0 aliphatic heterocycles. The number of nitrogens with zero attached hydrogens (tertiary/aromatic N) is 4. The van der Waals surface area contributed by atoms with Crippen molar-refractivity contribution < 1.29 is 4.42 Å². The van der Waals surface area contributed by atoms with Crippen molar-refractivity contribution in [1.29, 1.82) is 0 Å². The lowest BCUT2D eigenvalue weighted by molar-refractivity contribution is 0.669. The minimum absolute atomic E-state index is 0.607. The van der Waals surface area contributed by atoms with Crippen molar-refractivity contribution in [2.75, 3.05) is 0 Å². The molecule has 0 saturated carbocycles. The van der Waals surface area contributed by atoms with Gasteiger partial charge < -0.3 is 8.98 Å². The van der Waals surface area contributed by atoms with E-state index in [9.17, 15) is 0 Å². The molecule has 0 aliphatic rings. The van der Waals surface area contributed by atoms with Crippen LogP contribution in [0.3, 0.4) is 0 Å². The Hall–Kier alpha value is -7.63. The molecule has 0 saturated heterocycles. The first-order valence-corrected chi connectivity index (χ1v) is 18.8. The minimum atomic E-state index is 0.607. The number of rotatable bonds is 6. The van der Waals surface area contributed by atoms with Crippen LogP contribution in [0.4, 0.5) is 0 Å². The quantitative estimate of drug-likeness (QED) is 0.172. The van der Waals surface area contributed by atoms with E-state index in [1.54, 1.807) is 0 Å². The van der Waals surface area contributed by atoms with Gasteiger partial charge in [-0.25, -0.2) is 15.0 Å². The molecule has 56 heavy (non-hydrogen) atoms. The van der Waals surface area contributed by atoms with E-state index in [-0.39, 0.29) is 0 Å². The van der Waals surface area contributed by atoms with Crippen LogP contribution in [0, 0.1) is 0 Å². The number of hydrogen-bond donors (Lipinski definition) is 0. The van der Waals surface area contributed by atoms with Crippen molar-refractivity contribution in [3.63, 3.8) is 0 Å². The number of benzene rings is 8. The van der Waals surface area contributed by atoms with Gasteiger partial charge in [0.25, 0.3) is 0 Å². The van der Waals surface area contributed by atoms with Crippen molar-refractivity contribution in [3.05, 3.63) is 194 Å². The maximum atomic E-state index is 6.52. The van der Waals surface area contributed by atoms with E-state index in [0.717, 1.165) is 61.0 Å². The van der Waals surface area contributed by atoms with Gasteiger partial charge in [0, 0.05) is 49.5 Å². The summed E-state index contributed by atoms with van der Waals surface area (Å²) in [6.07, 6.45) is 0. The normalized spacial score (nSPS) is 11.6. The van der Waals surface area contributed by atoms with Crippen LogP contribution in [0.2, 0.25) is 0 Å². The van der Waals surface area contributed by atoms with E-state index in [4.69, 9.17) is 19.4 Å². The molecule has 0 bridgehead atoms. The zero-order chi connectivity index (χ0) is 37.0. The molecule has 0 fully saturated rings. The predicted octanol–water partition coefficient (Wildman–Crippen LogP) is 13.2. The molecule has 0 N–H and O–H groups in total. The number of fused-ring (bicyclic) bond motifs is 6. The Labute approximate surface area is 322 Å². The van der Waals surface area contributed by atoms with Crippen LogP contribution in [-0.2, 0) is 0 Å². The second-order valence-electron chi connectivity index (χ2n) is 14.0. The first-order chi connectivity index (χ1) is 27.8. The molecule has 0 unspecified atom stereocenters. The van der Waals surface area contributed by atoms with Crippen LogP contribution in [0.25, 0.3) is 106 Å². The largest absolute Gasteiger partial charge is 0.456 e. The van der Waals surface area contributed by atoms with Gasteiger partial charge in [0.15, 0.2) is 17.5 Å². The third-order valence-electron chi connectivity index (χ3n) is 10.7. The molecular formula is C51H32N4O. The SMILES string of the molecule is c1ccc(-c2nc(-c3ccccc3)nc(-c3ccc4oc5cccc(-c6ccc7c(c6)c6cccc(-c8ccccc8)c6n7-c6ccccc6)c5c4c3)n2)cc1. The molecule has 11 aromatic rings. The maximum absolute atomic E-state index is 6.52. The second kappa shape index (κ2) is 13.0. The topological polar surface area (TPSA) is 56.7 Å². The highest BCUT2D eigenvalue weighted by Gasteiger charge is 2.20. The summed E-state index contributed by atoms with van der Waals surface area (Å²) in [6, 6.07) is 67.5. The first kappa shape index (κ1) is 31.9. The van der Waals surface area contributed by atoms with E-state index >= 15 is 0 Å². The average Bonchev–Trinajstić information content (AvgIpc) is 3.83.